The first-order valence-electron chi connectivity index (χ1n) is 9.41. The van der Waals surface area contributed by atoms with Gasteiger partial charge in [-0.3, -0.25) is 0 Å². The van der Waals surface area contributed by atoms with E-state index in [2.05, 4.69) is 11.6 Å². The third-order valence-electron chi connectivity index (χ3n) is 5.38. The van der Waals surface area contributed by atoms with Crippen LogP contribution in [-0.2, 0) is 15.3 Å². The molecule has 1 saturated heterocycles. The van der Waals surface area contributed by atoms with Crippen molar-refractivity contribution in [2.24, 2.45) is 0 Å². The maximum atomic E-state index is 14.3. The van der Waals surface area contributed by atoms with Crippen LogP contribution in [0.1, 0.15) is 11.1 Å². The van der Waals surface area contributed by atoms with E-state index in [0.29, 0.717) is 0 Å². The highest BCUT2D eigenvalue weighted by Crippen LogP contribution is 2.40. The molecular formula is C21H17F2NO9. The van der Waals surface area contributed by atoms with Crippen LogP contribution >= 0.6 is 0 Å². The number of nitrogens with zero attached hydrogens (tertiary/aromatic N) is 1. The summed E-state index contributed by atoms with van der Waals surface area (Å²) in [5.74, 6) is -8.75. The van der Waals surface area contributed by atoms with Gasteiger partial charge in [-0.25, -0.2) is 14.2 Å². The summed E-state index contributed by atoms with van der Waals surface area (Å²) in [7, 11) is 0. The summed E-state index contributed by atoms with van der Waals surface area (Å²) >= 11 is 0. The topological polar surface area (TPSA) is 174 Å². The smallest absolute Gasteiger partial charge is 0.335 e. The molecule has 1 aliphatic rings. The number of carboxylic acids is 1. The molecule has 3 aromatic rings. The quantitative estimate of drug-likeness (QED) is 0.324. The fraction of sp³-hybridized carbons (Fsp3) is 0.238. The van der Waals surface area contributed by atoms with Crippen molar-refractivity contribution in [3.05, 3.63) is 53.6 Å². The van der Waals surface area contributed by atoms with Gasteiger partial charge in [-0.05, 0) is 24.3 Å². The summed E-state index contributed by atoms with van der Waals surface area (Å²) < 4.78 is 38.6. The summed E-state index contributed by atoms with van der Waals surface area (Å²) in [4.78, 5) is 15.4. The number of ether oxygens (including phenoxy) is 1. The van der Waals surface area contributed by atoms with E-state index in [9.17, 15) is 44.2 Å². The molecule has 12 heteroatoms. The molecule has 1 fully saturated rings. The first kappa shape index (κ1) is 22.8. The highest BCUT2D eigenvalue weighted by molar-refractivity contribution is 5.86. The molecular weight excluding hydrogens is 448 g/mol. The average Bonchev–Trinajstić information content (AvgIpc) is 3.21. The lowest BCUT2D eigenvalue weighted by molar-refractivity contribution is -0.349. The lowest BCUT2D eigenvalue weighted by atomic mass is 9.87. The number of hydrogen-bond donors (Lipinski definition) is 6. The van der Waals surface area contributed by atoms with E-state index in [-0.39, 0.29) is 22.2 Å². The Morgan fingerprint density at radius 2 is 1.85 bits per heavy atom. The molecule has 0 aliphatic carbocycles. The minimum absolute atomic E-state index is 0.0147. The molecule has 4 rings (SSSR count). The van der Waals surface area contributed by atoms with Gasteiger partial charge in [-0.15, -0.1) is 0 Å². The lowest BCUT2D eigenvalue weighted by Crippen LogP contribution is -2.64. The second-order valence-corrected chi connectivity index (χ2v) is 7.40. The van der Waals surface area contributed by atoms with Gasteiger partial charge in [0.2, 0.25) is 17.5 Å². The number of aromatic hydroxyl groups is 1. The van der Waals surface area contributed by atoms with Gasteiger partial charge in [0.1, 0.15) is 23.8 Å². The average molecular weight is 465 g/mol. The Morgan fingerprint density at radius 3 is 2.48 bits per heavy atom. The van der Waals surface area contributed by atoms with Crippen LogP contribution in [-0.4, -0.2) is 66.0 Å². The van der Waals surface area contributed by atoms with Crippen molar-refractivity contribution in [1.29, 1.82) is 0 Å². The number of phenols is 1. The minimum Gasteiger partial charge on any atom is -0.505 e. The fourth-order valence-corrected chi connectivity index (χ4v) is 3.60. The van der Waals surface area contributed by atoms with Crippen LogP contribution < -0.4 is 0 Å². The van der Waals surface area contributed by atoms with Crippen LogP contribution in [0.3, 0.4) is 0 Å². The van der Waals surface area contributed by atoms with Gasteiger partial charge in [0.15, 0.2) is 23.3 Å². The molecule has 0 bridgehead atoms. The van der Waals surface area contributed by atoms with Crippen molar-refractivity contribution >= 4 is 23.1 Å². The van der Waals surface area contributed by atoms with Crippen LogP contribution in [0.2, 0.25) is 0 Å². The number of oxazole rings is 1. The number of aliphatic carboxylic acids is 1. The lowest BCUT2D eigenvalue weighted by Gasteiger charge is -2.44. The number of benzene rings is 2. The van der Waals surface area contributed by atoms with Crippen LogP contribution in [0.5, 0.6) is 5.75 Å². The van der Waals surface area contributed by atoms with Crippen molar-refractivity contribution in [3.63, 3.8) is 0 Å². The van der Waals surface area contributed by atoms with E-state index in [1.165, 1.54) is 12.1 Å². The van der Waals surface area contributed by atoms with Gasteiger partial charge < -0.3 is 39.8 Å². The van der Waals surface area contributed by atoms with Crippen LogP contribution in [0.15, 0.2) is 35.3 Å². The van der Waals surface area contributed by atoms with E-state index in [4.69, 9.17) is 9.15 Å². The molecule has 5 atom stereocenters. The SMILES string of the molecule is C=Cc1cc(C2(O)O[C@H](C(=O)O)[C@@H](O)[C@H](O)[C@H]2O)cc2nc(-c3ccc(O)c(F)c3F)oc12. The predicted octanol–water partition coefficient (Wildman–Crippen LogP) is 0.833. The normalized spacial score (nSPS) is 27.6. The van der Waals surface area contributed by atoms with Gasteiger partial charge in [0.25, 0.3) is 0 Å². The molecule has 6 N–H and O–H groups in total. The monoisotopic (exact) mass is 465 g/mol. The predicted molar refractivity (Wildman–Crippen MR) is 106 cm³/mol. The van der Waals surface area contributed by atoms with Gasteiger partial charge >= 0.3 is 5.97 Å². The standard InChI is InChI=1S/C21H17F2NO9/c1-2-7-5-8(21(31)18(28)15(27)14(26)17(33-21)20(29)30)6-10-16(7)32-19(24-10)9-3-4-11(25)13(23)12(9)22/h2-6,14-15,17-18,25-28,31H,1H2,(H,29,30)/t14-,15-,17-,18+,21?/m0/s1. The number of carboxylic acid groups (broad SMARTS) is 1. The zero-order valence-corrected chi connectivity index (χ0v) is 16.5. The number of carbonyl (C=O) groups is 1. The molecule has 0 radical (unpaired) electrons. The Labute approximate surface area is 183 Å². The van der Waals surface area contributed by atoms with E-state index in [1.54, 1.807) is 0 Å². The van der Waals surface area contributed by atoms with E-state index >= 15 is 0 Å². The number of rotatable bonds is 4. The molecule has 0 spiro atoms. The number of aliphatic hydroxyl groups excluding tert-OH is 3. The summed E-state index contributed by atoms with van der Waals surface area (Å²) in [5.41, 5.74) is -0.609. The van der Waals surface area contributed by atoms with E-state index in [1.807, 2.05) is 0 Å². The molecule has 2 aromatic carbocycles. The maximum Gasteiger partial charge on any atom is 0.335 e. The second-order valence-electron chi connectivity index (χ2n) is 7.40. The molecule has 1 aliphatic heterocycles. The summed E-state index contributed by atoms with van der Waals surface area (Å²) in [6, 6.07) is 4.22. The van der Waals surface area contributed by atoms with Crippen LogP contribution in [0.25, 0.3) is 28.6 Å². The Bertz CT molecular complexity index is 1280. The van der Waals surface area contributed by atoms with Gasteiger partial charge in [-0.1, -0.05) is 12.7 Å². The third-order valence-corrected chi connectivity index (χ3v) is 5.38. The summed E-state index contributed by atoms with van der Waals surface area (Å²) in [5, 5.41) is 59.9. The van der Waals surface area contributed by atoms with Gasteiger partial charge in [0.05, 0.1) is 5.56 Å². The fourth-order valence-electron chi connectivity index (χ4n) is 3.60. The van der Waals surface area contributed by atoms with Gasteiger partial charge in [-0.2, -0.15) is 4.39 Å². The van der Waals surface area contributed by atoms with Crippen molar-refractivity contribution in [3.8, 4) is 17.2 Å². The molecule has 1 unspecified atom stereocenters. The maximum absolute atomic E-state index is 14.3. The molecule has 33 heavy (non-hydrogen) atoms. The van der Waals surface area contributed by atoms with E-state index in [0.717, 1.165) is 18.2 Å². The Hall–Kier alpha value is -3.42. The Morgan fingerprint density at radius 1 is 1.15 bits per heavy atom. The first-order valence-corrected chi connectivity index (χ1v) is 9.41. The van der Waals surface area contributed by atoms with Crippen molar-refractivity contribution < 1.29 is 53.4 Å². The minimum atomic E-state index is -2.80. The van der Waals surface area contributed by atoms with Crippen molar-refractivity contribution in [2.75, 3.05) is 0 Å². The molecule has 0 amide bonds. The van der Waals surface area contributed by atoms with E-state index < -0.39 is 65.0 Å². The van der Waals surface area contributed by atoms with Crippen molar-refractivity contribution in [1.82, 2.24) is 4.98 Å². The first-order chi connectivity index (χ1) is 15.5. The Kier molecular flexibility index (Phi) is 5.42. The third kappa shape index (κ3) is 3.44. The molecule has 174 valence electrons. The zero-order chi connectivity index (χ0) is 24.2. The molecule has 10 nitrogen and oxygen atoms in total. The molecule has 0 saturated carbocycles. The van der Waals surface area contributed by atoms with Crippen LogP contribution in [0.4, 0.5) is 8.78 Å². The molecule has 1 aromatic heterocycles. The number of aliphatic hydroxyl groups is 4. The highest BCUT2D eigenvalue weighted by atomic mass is 19.2. The molecule has 2 heterocycles. The highest BCUT2D eigenvalue weighted by Gasteiger charge is 2.56. The number of halogens is 2. The largest absolute Gasteiger partial charge is 0.505 e. The number of phenolic OH excluding ortho intramolecular Hbond substituents is 1. The van der Waals surface area contributed by atoms with Crippen LogP contribution in [0, 0.1) is 11.6 Å². The number of aromatic nitrogens is 1. The summed E-state index contributed by atoms with van der Waals surface area (Å²) in [6.45, 7) is 3.58. The van der Waals surface area contributed by atoms with Crippen molar-refractivity contribution in [2.45, 2.75) is 30.2 Å². The zero-order valence-electron chi connectivity index (χ0n) is 16.5. The second kappa shape index (κ2) is 7.86. The van der Waals surface area contributed by atoms with Gasteiger partial charge in [0, 0.05) is 11.1 Å². The number of hydrogen-bond acceptors (Lipinski definition) is 9. The summed E-state index contributed by atoms with van der Waals surface area (Å²) in [6.07, 6.45) is -7.14. The number of fused-ring (bicyclic) bond motifs is 1. The Balaban J connectivity index is 1.87.